The summed E-state index contributed by atoms with van der Waals surface area (Å²) in [5.41, 5.74) is 0. The Kier molecular flexibility index (Phi) is 4.21. The van der Waals surface area contributed by atoms with Crippen molar-refractivity contribution in [3.63, 3.8) is 0 Å². The van der Waals surface area contributed by atoms with Crippen molar-refractivity contribution in [2.45, 2.75) is 46.2 Å². The summed E-state index contributed by atoms with van der Waals surface area (Å²) >= 11 is 0. The second-order valence-electron chi connectivity index (χ2n) is 4.38. The third-order valence-electron chi connectivity index (χ3n) is 2.63. The molecule has 0 amide bonds. The lowest BCUT2D eigenvalue weighted by Gasteiger charge is -2.22. The van der Waals surface area contributed by atoms with Crippen LogP contribution in [0.4, 0.5) is 0 Å². The SMILES string of the molecule is CC(Cc1ccco1)NC(C)C(C)C. The summed E-state index contributed by atoms with van der Waals surface area (Å²) in [6.45, 7) is 8.89. The van der Waals surface area contributed by atoms with Crippen molar-refractivity contribution in [2.24, 2.45) is 5.92 Å². The van der Waals surface area contributed by atoms with Gasteiger partial charge >= 0.3 is 0 Å². The number of nitrogens with one attached hydrogen (secondary N) is 1. The molecule has 80 valence electrons. The largest absolute Gasteiger partial charge is 0.469 e. The topological polar surface area (TPSA) is 25.2 Å². The van der Waals surface area contributed by atoms with Crippen LogP contribution in [-0.2, 0) is 6.42 Å². The van der Waals surface area contributed by atoms with Crippen LogP contribution < -0.4 is 5.32 Å². The maximum atomic E-state index is 5.31. The fourth-order valence-electron chi connectivity index (χ4n) is 1.43. The first-order valence-electron chi connectivity index (χ1n) is 5.38. The predicted octanol–water partition coefficient (Wildman–Crippen LogP) is 2.84. The molecule has 0 radical (unpaired) electrons. The smallest absolute Gasteiger partial charge is 0.105 e. The highest BCUT2D eigenvalue weighted by Gasteiger charge is 2.11. The van der Waals surface area contributed by atoms with E-state index < -0.39 is 0 Å². The lowest BCUT2D eigenvalue weighted by atomic mass is 10.0. The molecule has 0 saturated carbocycles. The van der Waals surface area contributed by atoms with Crippen LogP contribution in [0.5, 0.6) is 0 Å². The summed E-state index contributed by atoms with van der Waals surface area (Å²) < 4.78 is 5.31. The summed E-state index contributed by atoms with van der Waals surface area (Å²) in [4.78, 5) is 0. The van der Waals surface area contributed by atoms with Gasteiger partial charge in [0, 0.05) is 18.5 Å². The molecule has 0 aromatic carbocycles. The van der Waals surface area contributed by atoms with Crippen LogP contribution in [0.3, 0.4) is 0 Å². The highest BCUT2D eigenvalue weighted by molar-refractivity contribution is 5.00. The van der Waals surface area contributed by atoms with Crippen molar-refractivity contribution < 1.29 is 4.42 Å². The van der Waals surface area contributed by atoms with E-state index in [1.807, 2.05) is 12.1 Å². The van der Waals surface area contributed by atoms with Crippen LogP contribution in [0.25, 0.3) is 0 Å². The van der Waals surface area contributed by atoms with Crippen LogP contribution in [-0.4, -0.2) is 12.1 Å². The van der Waals surface area contributed by atoms with E-state index in [1.165, 1.54) is 0 Å². The van der Waals surface area contributed by atoms with Gasteiger partial charge in [-0.25, -0.2) is 0 Å². The summed E-state index contributed by atoms with van der Waals surface area (Å²) in [7, 11) is 0. The number of furan rings is 1. The van der Waals surface area contributed by atoms with Gasteiger partial charge in [0.15, 0.2) is 0 Å². The molecule has 0 bridgehead atoms. The van der Waals surface area contributed by atoms with Crippen molar-refractivity contribution in [1.82, 2.24) is 5.32 Å². The van der Waals surface area contributed by atoms with E-state index in [1.54, 1.807) is 6.26 Å². The molecule has 2 unspecified atom stereocenters. The molecule has 0 aliphatic rings. The Labute approximate surface area is 86.7 Å². The summed E-state index contributed by atoms with van der Waals surface area (Å²) in [5.74, 6) is 1.73. The zero-order valence-corrected chi connectivity index (χ0v) is 9.58. The molecule has 0 fully saturated rings. The maximum absolute atomic E-state index is 5.31. The molecule has 2 nitrogen and oxygen atoms in total. The summed E-state index contributed by atoms with van der Waals surface area (Å²) in [5, 5.41) is 3.56. The van der Waals surface area contributed by atoms with Gasteiger partial charge in [0.25, 0.3) is 0 Å². The normalized spacial score (nSPS) is 15.8. The molecule has 1 N–H and O–H groups in total. The van der Waals surface area contributed by atoms with E-state index in [9.17, 15) is 0 Å². The minimum atomic E-state index is 0.471. The molecular weight excluding hydrogens is 174 g/mol. The van der Waals surface area contributed by atoms with Gasteiger partial charge in [-0.2, -0.15) is 0 Å². The predicted molar refractivity (Wildman–Crippen MR) is 59.3 cm³/mol. The minimum absolute atomic E-state index is 0.471. The molecule has 2 atom stereocenters. The van der Waals surface area contributed by atoms with Gasteiger partial charge in [-0.1, -0.05) is 13.8 Å². The lowest BCUT2D eigenvalue weighted by Crippen LogP contribution is -2.38. The molecule has 1 rings (SSSR count). The van der Waals surface area contributed by atoms with Crippen LogP contribution in [0.2, 0.25) is 0 Å². The molecule has 1 aromatic heterocycles. The summed E-state index contributed by atoms with van der Waals surface area (Å²) in [6.07, 6.45) is 2.69. The van der Waals surface area contributed by atoms with Crippen LogP contribution in [0.1, 0.15) is 33.5 Å². The van der Waals surface area contributed by atoms with Crippen molar-refractivity contribution in [2.75, 3.05) is 0 Å². The molecule has 2 heteroatoms. The van der Waals surface area contributed by atoms with Gasteiger partial charge in [-0.15, -0.1) is 0 Å². The van der Waals surface area contributed by atoms with Crippen LogP contribution in [0.15, 0.2) is 22.8 Å². The van der Waals surface area contributed by atoms with Gasteiger partial charge < -0.3 is 9.73 Å². The fraction of sp³-hybridized carbons (Fsp3) is 0.667. The van der Waals surface area contributed by atoms with E-state index in [-0.39, 0.29) is 0 Å². The second-order valence-corrected chi connectivity index (χ2v) is 4.38. The van der Waals surface area contributed by atoms with Crippen LogP contribution in [0, 0.1) is 5.92 Å². The molecule has 1 aromatic rings. The van der Waals surface area contributed by atoms with E-state index >= 15 is 0 Å². The number of rotatable bonds is 5. The number of hydrogen-bond acceptors (Lipinski definition) is 2. The van der Waals surface area contributed by atoms with Gasteiger partial charge in [-0.3, -0.25) is 0 Å². The molecule has 0 spiro atoms. The van der Waals surface area contributed by atoms with E-state index in [2.05, 4.69) is 33.0 Å². The molecule has 0 saturated heterocycles. The average Bonchev–Trinajstić information content (AvgIpc) is 2.56. The zero-order chi connectivity index (χ0) is 10.6. The van der Waals surface area contributed by atoms with Gasteiger partial charge in [0.2, 0.25) is 0 Å². The third kappa shape index (κ3) is 3.54. The van der Waals surface area contributed by atoms with E-state index in [0.29, 0.717) is 18.0 Å². The minimum Gasteiger partial charge on any atom is -0.469 e. The van der Waals surface area contributed by atoms with E-state index in [4.69, 9.17) is 4.42 Å². The van der Waals surface area contributed by atoms with Crippen LogP contribution >= 0.6 is 0 Å². The Morgan fingerprint density at radius 2 is 2.00 bits per heavy atom. The second kappa shape index (κ2) is 5.20. The van der Waals surface area contributed by atoms with Crippen molar-refractivity contribution >= 4 is 0 Å². The molecular formula is C12H21NO. The standard InChI is InChI=1S/C12H21NO/c1-9(2)11(4)13-10(3)8-12-6-5-7-14-12/h5-7,9-11,13H,8H2,1-4H3. The Morgan fingerprint density at radius 3 is 2.50 bits per heavy atom. The quantitative estimate of drug-likeness (QED) is 0.781. The zero-order valence-electron chi connectivity index (χ0n) is 9.58. The molecule has 14 heavy (non-hydrogen) atoms. The fourth-order valence-corrected chi connectivity index (χ4v) is 1.43. The lowest BCUT2D eigenvalue weighted by molar-refractivity contribution is 0.367. The highest BCUT2D eigenvalue weighted by atomic mass is 16.3. The monoisotopic (exact) mass is 195 g/mol. The molecule has 1 heterocycles. The Balaban J connectivity index is 2.32. The van der Waals surface area contributed by atoms with Crippen molar-refractivity contribution in [3.05, 3.63) is 24.2 Å². The number of hydrogen-bond donors (Lipinski definition) is 1. The Morgan fingerprint density at radius 1 is 1.29 bits per heavy atom. The van der Waals surface area contributed by atoms with Gasteiger partial charge in [0.05, 0.1) is 6.26 Å². The van der Waals surface area contributed by atoms with Gasteiger partial charge in [0.1, 0.15) is 5.76 Å². The van der Waals surface area contributed by atoms with Crippen molar-refractivity contribution in [3.8, 4) is 0 Å². The first-order valence-corrected chi connectivity index (χ1v) is 5.38. The average molecular weight is 195 g/mol. The molecule has 0 aliphatic heterocycles. The maximum Gasteiger partial charge on any atom is 0.105 e. The Bertz CT molecular complexity index is 241. The first-order chi connectivity index (χ1) is 6.59. The van der Waals surface area contributed by atoms with Gasteiger partial charge in [-0.05, 0) is 31.9 Å². The third-order valence-corrected chi connectivity index (χ3v) is 2.63. The summed E-state index contributed by atoms with van der Waals surface area (Å²) in [6, 6.07) is 4.99. The van der Waals surface area contributed by atoms with Crippen molar-refractivity contribution in [1.29, 1.82) is 0 Å². The Hall–Kier alpha value is -0.760. The van der Waals surface area contributed by atoms with E-state index in [0.717, 1.165) is 12.2 Å². The first kappa shape index (κ1) is 11.3. The molecule has 0 aliphatic carbocycles. The highest BCUT2D eigenvalue weighted by Crippen LogP contribution is 2.06.